The highest BCUT2D eigenvalue weighted by Gasteiger charge is 2.46. The minimum atomic E-state index is 0.0123. The van der Waals surface area contributed by atoms with Gasteiger partial charge in [-0.3, -0.25) is 9.69 Å². The molecule has 5 heteroatoms. The lowest BCUT2D eigenvalue weighted by Gasteiger charge is -2.14. The average molecular weight is 338 g/mol. The van der Waals surface area contributed by atoms with E-state index in [2.05, 4.69) is 11.1 Å². The van der Waals surface area contributed by atoms with Crippen molar-refractivity contribution < 1.29 is 9.53 Å². The fraction of sp³-hybridized carbons (Fsp3) is 0.263. The number of carbonyl (C=O) groups excluding carboxylic acids is 1. The fourth-order valence-electron chi connectivity index (χ4n) is 3.13. The minimum absolute atomic E-state index is 0.0123. The predicted molar refractivity (Wildman–Crippen MR) is 96.9 cm³/mol. The molecule has 1 aliphatic rings. The molecule has 3 aromatic rings. The normalized spacial score (nSPS) is 19.2. The van der Waals surface area contributed by atoms with E-state index in [1.165, 1.54) is 0 Å². The van der Waals surface area contributed by atoms with Crippen LogP contribution in [0.5, 0.6) is 5.75 Å². The summed E-state index contributed by atoms with van der Waals surface area (Å²) in [6.07, 6.45) is 0.869. The van der Waals surface area contributed by atoms with Crippen molar-refractivity contribution in [3.8, 4) is 5.75 Å². The number of para-hydroxylation sites is 2. The number of rotatable bonds is 4. The van der Waals surface area contributed by atoms with E-state index >= 15 is 0 Å². The molecule has 2 aromatic carbocycles. The van der Waals surface area contributed by atoms with Crippen molar-refractivity contribution in [3.63, 3.8) is 0 Å². The van der Waals surface area contributed by atoms with E-state index in [1.807, 2.05) is 49.5 Å². The Balaban J connectivity index is 1.54. The van der Waals surface area contributed by atoms with Gasteiger partial charge in [-0.1, -0.05) is 41.7 Å². The summed E-state index contributed by atoms with van der Waals surface area (Å²) in [5.74, 6) is 1.24. The molecule has 122 valence electrons. The maximum absolute atomic E-state index is 12.8. The molecule has 0 bridgehead atoms. The van der Waals surface area contributed by atoms with Crippen molar-refractivity contribution in [2.45, 2.75) is 12.3 Å². The van der Waals surface area contributed by atoms with Gasteiger partial charge >= 0.3 is 0 Å². The van der Waals surface area contributed by atoms with Gasteiger partial charge in [0.15, 0.2) is 5.13 Å². The van der Waals surface area contributed by atoms with E-state index in [-0.39, 0.29) is 17.7 Å². The SMILES string of the molecule is COc1ccccc1[C@@H]1C[C@H]1C(=O)N(C)c1nc2ccccc2s1. The van der Waals surface area contributed by atoms with E-state index in [0.29, 0.717) is 0 Å². The summed E-state index contributed by atoms with van der Waals surface area (Å²) in [6, 6.07) is 15.9. The first-order valence-corrected chi connectivity index (χ1v) is 8.76. The molecule has 1 heterocycles. The Hall–Kier alpha value is -2.40. The molecule has 2 atom stereocenters. The van der Waals surface area contributed by atoms with Crippen molar-refractivity contribution in [1.82, 2.24) is 4.98 Å². The molecule has 0 aliphatic heterocycles. The van der Waals surface area contributed by atoms with Crippen LogP contribution in [0.4, 0.5) is 5.13 Å². The highest BCUT2D eigenvalue weighted by atomic mass is 32.1. The van der Waals surface area contributed by atoms with Crippen LogP contribution in [-0.4, -0.2) is 25.0 Å². The molecule has 1 saturated carbocycles. The lowest BCUT2D eigenvalue weighted by atomic mass is 10.1. The molecular weight excluding hydrogens is 320 g/mol. The summed E-state index contributed by atoms with van der Waals surface area (Å²) < 4.78 is 6.53. The van der Waals surface area contributed by atoms with Crippen LogP contribution in [0.25, 0.3) is 10.2 Å². The number of benzene rings is 2. The molecule has 0 saturated heterocycles. The number of nitrogens with zero attached hydrogens (tertiary/aromatic N) is 2. The summed E-state index contributed by atoms with van der Waals surface area (Å²) in [4.78, 5) is 19.1. The quantitative estimate of drug-likeness (QED) is 0.720. The van der Waals surface area contributed by atoms with E-state index in [9.17, 15) is 4.79 Å². The lowest BCUT2D eigenvalue weighted by molar-refractivity contribution is -0.119. The first-order valence-electron chi connectivity index (χ1n) is 7.95. The number of hydrogen-bond donors (Lipinski definition) is 0. The Labute approximate surface area is 144 Å². The highest BCUT2D eigenvalue weighted by molar-refractivity contribution is 7.22. The van der Waals surface area contributed by atoms with Crippen LogP contribution in [-0.2, 0) is 4.79 Å². The molecule has 1 aromatic heterocycles. The zero-order valence-corrected chi connectivity index (χ0v) is 14.4. The van der Waals surface area contributed by atoms with Gasteiger partial charge < -0.3 is 4.74 Å². The van der Waals surface area contributed by atoms with Crippen molar-refractivity contribution in [1.29, 1.82) is 0 Å². The van der Waals surface area contributed by atoms with Crippen LogP contribution in [0.2, 0.25) is 0 Å². The van der Waals surface area contributed by atoms with E-state index < -0.39 is 0 Å². The zero-order valence-electron chi connectivity index (χ0n) is 13.6. The van der Waals surface area contributed by atoms with E-state index in [1.54, 1.807) is 23.3 Å². The summed E-state index contributed by atoms with van der Waals surface area (Å²) in [5, 5.41) is 0.756. The van der Waals surface area contributed by atoms with Crippen molar-refractivity contribution in [2.75, 3.05) is 19.1 Å². The van der Waals surface area contributed by atoms with Crippen LogP contribution in [0.3, 0.4) is 0 Å². The number of carbonyl (C=O) groups is 1. The van der Waals surface area contributed by atoms with Crippen molar-refractivity contribution >= 4 is 32.6 Å². The second-order valence-corrected chi connectivity index (χ2v) is 7.06. The van der Waals surface area contributed by atoms with Crippen LogP contribution in [0.15, 0.2) is 48.5 Å². The number of thiazole rings is 1. The molecule has 24 heavy (non-hydrogen) atoms. The van der Waals surface area contributed by atoms with Gasteiger partial charge in [-0.05, 0) is 36.1 Å². The summed E-state index contributed by atoms with van der Waals surface area (Å²) >= 11 is 1.55. The number of anilines is 1. The van der Waals surface area contributed by atoms with Gasteiger partial charge in [-0.2, -0.15) is 0 Å². The number of ether oxygens (including phenoxy) is 1. The Morgan fingerprint density at radius 1 is 1.21 bits per heavy atom. The Morgan fingerprint density at radius 2 is 1.96 bits per heavy atom. The van der Waals surface area contributed by atoms with Gasteiger partial charge in [-0.25, -0.2) is 4.98 Å². The van der Waals surface area contributed by atoms with Crippen molar-refractivity contribution in [2.24, 2.45) is 5.92 Å². The molecule has 0 unspecified atom stereocenters. The Morgan fingerprint density at radius 3 is 2.75 bits per heavy atom. The minimum Gasteiger partial charge on any atom is -0.496 e. The first kappa shape index (κ1) is 15.1. The summed E-state index contributed by atoms with van der Waals surface area (Å²) in [5.41, 5.74) is 2.06. The predicted octanol–water partition coefficient (Wildman–Crippen LogP) is 4.07. The number of fused-ring (bicyclic) bond motifs is 1. The van der Waals surface area contributed by atoms with Gasteiger partial charge in [0.05, 0.1) is 17.3 Å². The maximum Gasteiger partial charge on any atom is 0.232 e. The van der Waals surface area contributed by atoms with Crippen molar-refractivity contribution in [3.05, 3.63) is 54.1 Å². The molecule has 1 aliphatic carbocycles. The largest absolute Gasteiger partial charge is 0.496 e. The number of hydrogen-bond acceptors (Lipinski definition) is 4. The third-order valence-corrected chi connectivity index (χ3v) is 5.66. The van der Waals surface area contributed by atoms with Crippen LogP contribution < -0.4 is 9.64 Å². The number of amides is 1. The molecule has 1 fully saturated rings. The third kappa shape index (κ3) is 2.55. The van der Waals surface area contributed by atoms with E-state index in [4.69, 9.17) is 4.74 Å². The first-order chi connectivity index (χ1) is 11.7. The highest BCUT2D eigenvalue weighted by Crippen LogP contribution is 2.51. The zero-order chi connectivity index (χ0) is 16.7. The summed E-state index contributed by atoms with van der Waals surface area (Å²) in [7, 11) is 3.49. The van der Waals surface area contributed by atoms with Gasteiger partial charge in [0, 0.05) is 13.0 Å². The Bertz CT molecular complexity index is 872. The Kier molecular flexibility index (Phi) is 3.73. The second-order valence-electron chi connectivity index (χ2n) is 6.05. The molecule has 4 rings (SSSR count). The number of aromatic nitrogens is 1. The van der Waals surface area contributed by atoms with Crippen LogP contribution in [0, 0.1) is 5.92 Å². The smallest absolute Gasteiger partial charge is 0.232 e. The van der Waals surface area contributed by atoms with Crippen LogP contribution >= 0.6 is 11.3 Å². The standard InChI is InChI=1S/C19H18N2O2S/c1-21(19-20-15-8-4-6-10-17(15)24-19)18(22)14-11-13(14)12-7-3-5-9-16(12)23-2/h3-10,13-14H,11H2,1-2H3/t13-,14+/m0/s1. The molecule has 0 radical (unpaired) electrons. The van der Waals surface area contributed by atoms with Gasteiger partial charge in [0.25, 0.3) is 0 Å². The van der Waals surface area contributed by atoms with Gasteiger partial charge in [0.1, 0.15) is 5.75 Å². The molecule has 4 nitrogen and oxygen atoms in total. The monoisotopic (exact) mass is 338 g/mol. The molecule has 1 amide bonds. The van der Waals surface area contributed by atoms with Gasteiger partial charge in [0.2, 0.25) is 5.91 Å². The molecule has 0 spiro atoms. The van der Waals surface area contributed by atoms with Crippen LogP contribution in [0.1, 0.15) is 17.9 Å². The molecular formula is C19H18N2O2S. The fourth-order valence-corrected chi connectivity index (χ4v) is 4.06. The summed E-state index contributed by atoms with van der Waals surface area (Å²) in [6.45, 7) is 0. The topological polar surface area (TPSA) is 42.4 Å². The molecule has 0 N–H and O–H groups in total. The maximum atomic E-state index is 12.8. The number of methoxy groups -OCH3 is 1. The second kappa shape index (κ2) is 5.91. The lowest BCUT2D eigenvalue weighted by Crippen LogP contribution is -2.28. The average Bonchev–Trinajstić information content (AvgIpc) is 3.30. The van der Waals surface area contributed by atoms with Gasteiger partial charge in [-0.15, -0.1) is 0 Å². The third-order valence-electron chi connectivity index (χ3n) is 4.55. The van der Waals surface area contributed by atoms with E-state index in [0.717, 1.165) is 33.1 Å².